The summed E-state index contributed by atoms with van der Waals surface area (Å²) in [4.78, 5) is 36.0. The Balaban J connectivity index is 0.000000197. The van der Waals surface area contributed by atoms with Gasteiger partial charge >= 0.3 is 5.97 Å². The molecule has 0 radical (unpaired) electrons. The number of carboxylic acids is 1. The van der Waals surface area contributed by atoms with Gasteiger partial charge in [-0.1, -0.05) is 115 Å². The van der Waals surface area contributed by atoms with E-state index in [2.05, 4.69) is 10.6 Å². The Bertz CT molecular complexity index is 2800. The van der Waals surface area contributed by atoms with Crippen molar-refractivity contribution in [3.05, 3.63) is 240 Å². The molecule has 2 amide bonds. The lowest BCUT2D eigenvalue weighted by Crippen LogP contribution is -2.16. The number of carbonyl (C=O) groups excluding carboxylic acids is 2. The Labute approximate surface area is 384 Å². The van der Waals surface area contributed by atoms with Crippen LogP contribution < -0.4 is 29.6 Å². The molecule has 0 saturated carbocycles. The van der Waals surface area contributed by atoms with Crippen LogP contribution in [-0.2, 0) is 35.6 Å². The molecule has 0 aliphatic carbocycles. The van der Waals surface area contributed by atoms with Crippen LogP contribution in [0, 0.1) is 6.92 Å². The fourth-order valence-corrected chi connectivity index (χ4v) is 6.56. The number of anilines is 2. The summed E-state index contributed by atoms with van der Waals surface area (Å²) in [5.41, 5.74) is 6.14. The first-order valence-electron chi connectivity index (χ1n) is 21.3. The molecule has 66 heavy (non-hydrogen) atoms. The van der Waals surface area contributed by atoms with E-state index in [1.807, 2.05) is 165 Å². The number of carboxylic acid groups (broad SMARTS) is 1. The van der Waals surface area contributed by atoms with Crippen LogP contribution >= 0.6 is 0 Å². The molecule has 8 aromatic rings. The van der Waals surface area contributed by atoms with Gasteiger partial charge in [0.15, 0.2) is 0 Å². The summed E-state index contributed by atoms with van der Waals surface area (Å²) in [5.74, 6) is 2.85. The molecule has 10 heteroatoms. The van der Waals surface area contributed by atoms with Crippen LogP contribution in [0.5, 0.6) is 34.5 Å². The zero-order valence-electron chi connectivity index (χ0n) is 36.3. The van der Waals surface area contributed by atoms with Gasteiger partial charge in [0, 0.05) is 5.69 Å². The zero-order chi connectivity index (χ0) is 45.9. The molecule has 0 saturated heterocycles. The number of rotatable bonds is 17. The molecule has 0 bridgehead atoms. The maximum atomic E-state index is 12.4. The summed E-state index contributed by atoms with van der Waals surface area (Å²) in [7, 11) is 0. The lowest BCUT2D eigenvalue weighted by atomic mass is 10.1. The van der Waals surface area contributed by atoms with Gasteiger partial charge in [-0.2, -0.15) is 0 Å². The van der Waals surface area contributed by atoms with Crippen LogP contribution in [0.4, 0.5) is 11.4 Å². The number of aromatic carboxylic acids is 1. The van der Waals surface area contributed by atoms with Crippen LogP contribution in [0.25, 0.3) is 0 Å². The first-order chi connectivity index (χ1) is 32.2. The summed E-state index contributed by atoms with van der Waals surface area (Å²) in [5, 5.41) is 14.9. The Hall–Kier alpha value is -8.63. The van der Waals surface area contributed by atoms with E-state index < -0.39 is 5.97 Å². The second-order valence-corrected chi connectivity index (χ2v) is 15.1. The van der Waals surface area contributed by atoms with Crippen molar-refractivity contribution in [1.29, 1.82) is 0 Å². The molecular weight excluding hydrogens is 829 g/mol. The Morgan fingerprint density at radius 1 is 0.394 bits per heavy atom. The smallest absolute Gasteiger partial charge is 0.337 e. The van der Waals surface area contributed by atoms with Crippen LogP contribution in [-0.4, -0.2) is 22.9 Å². The molecule has 0 spiro atoms. The predicted octanol–water partition coefficient (Wildman–Crippen LogP) is 12.5. The lowest BCUT2D eigenvalue weighted by molar-refractivity contribution is -0.116. The average molecular weight is 877 g/mol. The van der Waals surface area contributed by atoms with E-state index in [1.165, 1.54) is 6.07 Å². The molecular formula is C56H48N2O8. The van der Waals surface area contributed by atoms with Gasteiger partial charge in [0.1, 0.15) is 47.7 Å². The van der Waals surface area contributed by atoms with Gasteiger partial charge in [-0.15, -0.1) is 0 Å². The Kier molecular flexibility index (Phi) is 15.9. The minimum absolute atomic E-state index is 0.0425. The van der Waals surface area contributed by atoms with E-state index >= 15 is 0 Å². The fraction of sp³-hybridized carbons (Fsp3) is 0.0893. The quantitative estimate of drug-likeness (QED) is 0.0824. The van der Waals surface area contributed by atoms with E-state index in [0.717, 1.165) is 50.8 Å². The molecule has 8 rings (SSSR count). The molecule has 3 N–H and O–H groups in total. The number of ether oxygens (including phenoxy) is 4. The van der Waals surface area contributed by atoms with Crippen LogP contribution in [0.3, 0.4) is 0 Å². The number of hydrogen-bond acceptors (Lipinski definition) is 7. The van der Waals surface area contributed by atoms with E-state index in [0.29, 0.717) is 36.9 Å². The van der Waals surface area contributed by atoms with Crippen molar-refractivity contribution in [2.75, 3.05) is 10.6 Å². The third-order valence-electron chi connectivity index (χ3n) is 10.0. The van der Waals surface area contributed by atoms with Gasteiger partial charge < -0.3 is 34.7 Å². The van der Waals surface area contributed by atoms with Crippen molar-refractivity contribution < 1.29 is 38.4 Å². The van der Waals surface area contributed by atoms with Gasteiger partial charge in [-0.3, -0.25) is 9.59 Å². The first kappa shape index (κ1) is 45.4. The molecule has 0 atom stereocenters. The molecule has 0 unspecified atom stereocenters. The van der Waals surface area contributed by atoms with Crippen molar-refractivity contribution in [2.45, 2.75) is 33.0 Å². The normalized spacial score (nSPS) is 10.4. The molecule has 8 aromatic carbocycles. The molecule has 0 heterocycles. The van der Waals surface area contributed by atoms with Crippen molar-refractivity contribution >= 4 is 29.2 Å². The van der Waals surface area contributed by atoms with Crippen LogP contribution in [0.15, 0.2) is 206 Å². The highest BCUT2D eigenvalue weighted by Crippen LogP contribution is 2.27. The van der Waals surface area contributed by atoms with Crippen molar-refractivity contribution in [2.24, 2.45) is 0 Å². The van der Waals surface area contributed by atoms with Gasteiger partial charge in [-0.05, 0) is 126 Å². The largest absolute Gasteiger partial charge is 0.489 e. The highest BCUT2D eigenvalue weighted by atomic mass is 16.5. The minimum Gasteiger partial charge on any atom is -0.489 e. The Morgan fingerprint density at radius 3 is 1.17 bits per heavy atom. The zero-order valence-corrected chi connectivity index (χ0v) is 36.3. The molecule has 0 aromatic heterocycles. The lowest BCUT2D eigenvalue weighted by Gasteiger charge is -2.10. The van der Waals surface area contributed by atoms with E-state index in [-0.39, 0.29) is 29.5 Å². The maximum Gasteiger partial charge on any atom is 0.337 e. The maximum absolute atomic E-state index is 12.4. The van der Waals surface area contributed by atoms with Crippen molar-refractivity contribution in [3.63, 3.8) is 0 Å². The number of nitrogens with one attached hydrogen (secondary N) is 2. The van der Waals surface area contributed by atoms with Crippen molar-refractivity contribution in [3.8, 4) is 34.5 Å². The highest BCUT2D eigenvalue weighted by molar-refractivity contribution is 6.01. The number of aryl methyl sites for hydroxylation is 1. The van der Waals surface area contributed by atoms with Crippen LogP contribution in [0.1, 0.15) is 38.2 Å². The highest BCUT2D eigenvalue weighted by Gasteiger charge is 2.13. The first-order valence-corrected chi connectivity index (χ1v) is 21.3. The van der Waals surface area contributed by atoms with Gasteiger partial charge in [0.25, 0.3) is 0 Å². The SMILES string of the molecule is Cc1ccccc1NC(=O)Cc1ccc(Oc2ccc(OCc3ccccc3)cc2)cc1.O=C(Cc1ccc(Oc2ccc(OCc3ccccc3)cc2)cc1)Nc1ccccc1C(=O)O. The summed E-state index contributed by atoms with van der Waals surface area (Å²) in [6.45, 7) is 3.00. The predicted molar refractivity (Wildman–Crippen MR) is 257 cm³/mol. The molecule has 330 valence electrons. The topological polar surface area (TPSA) is 132 Å². The summed E-state index contributed by atoms with van der Waals surface area (Å²) < 4.78 is 23.4. The number of benzene rings is 8. The summed E-state index contributed by atoms with van der Waals surface area (Å²) >= 11 is 0. The van der Waals surface area contributed by atoms with Crippen molar-refractivity contribution in [1.82, 2.24) is 0 Å². The molecule has 0 fully saturated rings. The summed E-state index contributed by atoms with van der Waals surface area (Å²) in [6.07, 6.45) is 0.420. The Morgan fingerprint density at radius 2 is 0.742 bits per heavy atom. The molecule has 10 nitrogen and oxygen atoms in total. The van der Waals surface area contributed by atoms with E-state index in [1.54, 1.807) is 42.5 Å². The van der Waals surface area contributed by atoms with E-state index in [9.17, 15) is 19.5 Å². The molecule has 0 aliphatic rings. The second kappa shape index (κ2) is 23.2. The standard InChI is InChI=1S/C28H23NO5.C28H25NO3/c30-27(29-26-9-5-4-8-25(26)28(31)32)18-20-10-12-23(13-11-20)34-24-16-14-22(15-17-24)33-19-21-6-2-1-3-7-21;1-21-7-5-6-10-27(21)29-28(30)19-22-11-13-25(14-12-22)32-26-17-15-24(16-18-26)31-20-23-8-3-2-4-9-23/h1-17H,18-19H2,(H,29,30)(H,31,32);2-18H,19-20H2,1H3,(H,29,30). The molecule has 0 aliphatic heterocycles. The second-order valence-electron chi connectivity index (χ2n) is 15.1. The minimum atomic E-state index is -1.09. The average Bonchev–Trinajstić information content (AvgIpc) is 3.34. The monoisotopic (exact) mass is 876 g/mol. The third-order valence-corrected chi connectivity index (χ3v) is 10.0. The third kappa shape index (κ3) is 14.2. The summed E-state index contributed by atoms with van der Waals surface area (Å²) in [6, 6.07) is 63.7. The van der Waals surface area contributed by atoms with Gasteiger partial charge in [0.05, 0.1) is 24.1 Å². The van der Waals surface area contributed by atoms with Gasteiger partial charge in [0.2, 0.25) is 11.8 Å². The number of para-hydroxylation sites is 2. The number of carbonyl (C=O) groups is 3. The fourth-order valence-electron chi connectivity index (χ4n) is 6.56. The van der Waals surface area contributed by atoms with Gasteiger partial charge in [-0.25, -0.2) is 4.79 Å². The van der Waals surface area contributed by atoms with Crippen LogP contribution in [0.2, 0.25) is 0 Å². The number of amides is 2. The van der Waals surface area contributed by atoms with E-state index in [4.69, 9.17) is 18.9 Å². The number of hydrogen-bond donors (Lipinski definition) is 3.